The van der Waals surface area contributed by atoms with Crippen LogP contribution in [0.2, 0.25) is 0 Å². The molecular weight excluding hydrogens is 214 g/mol. The highest BCUT2D eigenvalue weighted by molar-refractivity contribution is 5.51. The number of rotatable bonds is 6. The molecule has 0 aliphatic carbocycles. The predicted octanol–water partition coefficient (Wildman–Crippen LogP) is 2.34. The van der Waals surface area contributed by atoms with Crippen LogP contribution in [-0.4, -0.2) is 22.6 Å². The normalized spacial score (nSPS) is 14.1. The van der Waals surface area contributed by atoms with E-state index in [1.807, 2.05) is 13.0 Å². The number of hydrogen-bond donors (Lipinski definition) is 3. The summed E-state index contributed by atoms with van der Waals surface area (Å²) < 4.78 is 0. The predicted molar refractivity (Wildman–Crippen MR) is 73.1 cm³/mol. The lowest BCUT2D eigenvalue weighted by Crippen LogP contribution is -2.24. The van der Waals surface area contributed by atoms with Crippen molar-refractivity contribution in [2.45, 2.75) is 40.2 Å². The summed E-state index contributed by atoms with van der Waals surface area (Å²) in [5.41, 5.74) is 5.67. The molecule has 2 unspecified atom stereocenters. The Morgan fingerprint density at radius 2 is 1.88 bits per heavy atom. The van der Waals surface area contributed by atoms with Crippen molar-refractivity contribution in [3.63, 3.8) is 0 Å². The number of nitrogens with zero attached hydrogens (tertiary/aromatic N) is 2. The van der Waals surface area contributed by atoms with E-state index in [1.165, 1.54) is 0 Å². The van der Waals surface area contributed by atoms with Gasteiger partial charge in [-0.15, -0.1) is 0 Å². The molecule has 2 atom stereocenters. The van der Waals surface area contributed by atoms with Gasteiger partial charge in [0, 0.05) is 18.7 Å². The minimum atomic E-state index is 0.294. The van der Waals surface area contributed by atoms with Crippen LogP contribution in [0.4, 0.5) is 17.6 Å². The van der Waals surface area contributed by atoms with Crippen LogP contribution in [0.3, 0.4) is 0 Å². The molecule has 0 aliphatic heterocycles. The minimum Gasteiger partial charge on any atom is -0.370 e. The fourth-order valence-corrected chi connectivity index (χ4v) is 1.54. The molecule has 0 saturated carbocycles. The lowest BCUT2D eigenvalue weighted by atomic mass is 10.0. The van der Waals surface area contributed by atoms with E-state index < -0.39 is 0 Å². The van der Waals surface area contributed by atoms with Crippen molar-refractivity contribution >= 4 is 17.6 Å². The number of aromatic nitrogens is 2. The van der Waals surface area contributed by atoms with Crippen molar-refractivity contribution < 1.29 is 0 Å². The highest BCUT2D eigenvalue weighted by Gasteiger charge is 2.11. The Bertz CT molecular complexity index is 353. The second-order valence-electron chi connectivity index (χ2n) is 4.35. The Kier molecular flexibility index (Phi) is 5.00. The summed E-state index contributed by atoms with van der Waals surface area (Å²) in [5, 5.41) is 6.50. The zero-order valence-corrected chi connectivity index (χ0v) is 11.1. The first kappa shape index (κ1) is 13.5. The van der Waals surface area contributed by atoms with Crippen LogP contribution in [0.5, 0.6) is 0 Å². The number of hydrogen-bond acceptors (Lipinski definition) is 5. The molecule has 96 valence electrons. The first-order chi connectivity index (χ1) is 8.06. The molecule has 0 saturated heterocycles. The molecule has 17 heavy (non-hydrogen) atoms. The smallest absolute Gasteiger partial charge is 0.223 e. The summed E-state index contributed by atoms with van der Waals surface area (Å²) in [5.74, 6) is 2.43. The third kappa shape index (κ3) is 4.09. The number of nitrogens with one attached hydrogen (secondary N) is 2. The SMILES string of the molecule is CCNc1cc(NC(C)C(C)CC)nc(N)n1. The molecule has 4 N–H and O–H groups in total. The van der Waals surface area contributed by atoms with Gasteiger partial charge >= 0.3 is 0 Å². The second kappa shape index (κ2) is 6.27. The lowest BCUT2D eigenvalue weighted by Gasteiger charge is -2.20. The number of anilines is 3. The van der Waals surface area contributed by atoms with E-state index in [0.717, 1.165) is 24.6 Å². The van der Waals surface area contributed by atoms with Crippen LogP contribution in [0.25, 0.3) is 0 Å². The van der Waals surface area contributed by atoms with Gasteiger partial charge in [-0.25, -0.2) is 0 Å². The van der Waals surface area contributed by atoms with Crippen LogP contribution in [-0.2, 0) is 0 Å². The highest BCUT2D eigenvalue weighted by Crippen LogP contribution is 2.16. The Balaban J connectivity index is 2.76. The van der Waals surface area contributed by atoms with E-state index in [0.29, 0.717) is 17.9 Å². The summed E-state index contributed by atoms with van der Waals surface area (Å²) in [6.07, 6.45) is 1.13. The Morgan fingerprint density at radius 1 is 1.24 bits per heavy atom. The topological polar surface area (TPSA) is 75.9 Å². The second-order valence-corrected chi connectivity index (χ2v) is 4.35. The summed E-state index contributed by atoms with van der Waals surface area (Å²) in [4.78, 5) is 8.30. The molecule has 0 amide bonds. The maximum absolute atomic E-state index is 5.67. The Morgan fingerprint density at radius 3 is 2.47 bits per heavy atom. The minimum absolute atomic E-state index is 0.294. The van der Waals surface area contributed by atoms with Crippen LogP contribution in [0, 0.1) is 5.92 Å². The molecule has 0 aliphatic rings. The van der Waals surface area contributed by atoms with E-state index in [2.05, 4.69) is 41.4 Å². The van der Waals surface area contributed by atoms with E-state index in [4.69, 9.17) is 5.73 Å². The van der Waals surface area contributed by atoms with E-state index in [-0.39, 0.29) is 0 Å². The maximum Gasteiger partial charge on any atom is 0.223 e. The van der Waals surface area contributed by atoms with Crippen molar-refractivity contribution in [2.75, 3.05) is 22.9 Å². The summed E-state index contributed by atoms with van der Waals surface area (Å²) in [6, 6.07) is 2.25. The van der Waals surface area contributed by atoms with E-state index in [9.17, 15) is 0 Å². The van der Waals surface area contributed by atoms with Gasteiger partial charge in [0.25, 0.3) is 0 Å². The van der Waals surface area contributed by atoms with E-state index >= 15 is 0 Å². The van der Waals surface area contributed by atoms with Crippen molar-refractivity contribution in [2.24, 2.45) is 5.92 Å². The van der Waals surface area contributed by atoms with Gasteiger partial charge in [0.1, 0.15) is 11.6 Å². The third-order valence-corrected chi connectivity index (χ3v) is 2.97. The van der Waals surface area contributed by atoms with Gasteiger partial charge in [-0.05, 0) is 19.8 Å². The molecule has 1 rings (SSSR count). The average molecular weight is 237 g/mol. The zero-order chi connectivity index (χ0) is 12.8. The van der Waals surface area contributed by atoms with Crippen molar-refractivity contribution in [3.8, 4) is 0 Å². The van der Waals surface area contributed by atoms with Crippen molar-refractivity contribution in [1.82, 2.24) is 9.97 Å². The summed E-state index contributed by atoms with van der Waals surface area (Å²) in [7, 11) is 0. The molecule has 1 heterocycles. The average Bonchev–Trinajstić information content (AvgIpc) is 2.27. The zero-order valence-electron chi connectivity index (χ0n) is 11.1. The highest BCUT2D eigenvalue weighted by atomic mass is 15.1. The van der Waals surface area contributed by atoms with Gasteiger partial charge in [0.2, 0.25) is 5.95 Å². The summed E-state index contributed by atoms with van der Waals surface area (Å²) >= 11 is 0. The lowest BCUT2D eigenvalue weighted by molar-refractivity contribution is 0.493. The van der Waals surface area contributed by atoms with Crippen LogP contribution >= 0.6 is 0 Å². The molecule has 0 spiro atoms. The van der Waals surface area contributed by atoms with Gasteiger partial charge in [0.05, 0.1) is 0 Å². The first-order valence-electron chi connectivity index (χ1n) is 6.21. The van der Waals surface area contributed by atoms with Crippen LogP contribution in [0.15, 0.2) is 6.07 Å². The number of nitrogen functional groups attached to an aromatic ring is 1. The number of nitrogens with two attached hydrogens (primary N) is 1. The first-order valence-corrected chi connectivity index (χ1v) is 6.21. The monoisotopic (exact) mass is 237 g/mol. The van der Waals surface area contributed by atoms with Gasteiger partial charge in [-0.2, -0.15) is 9.97 Å². The fraction of sp³-hybridized carbons (Fsp3) is 0.667. The van der Waals surface area contributed by atoms with Gasteiger partial charge in [-0.1, -0.05) is 20.3 Å². The molecule has 0 aromatic carbocycles. The standard InChI is InChI=1S/C12H23N5/c1-5-8(3)9(4)15-11-7-10(14-6-2)16-12(13)17-11/h7-9H,5-6H2,1-4H3,(H4,13,14,15,16,17). The van der Waals surface area contributed by atoms with Crippen LogP contribution < -0.4 is 16.4 Å². The maximum atomic E-state index is 5.67. The van der Waals surface area contributed by atoms with E-state index in [1.54, 1.807) is 0 Å². The van der Waals surface area contributed by atoms with Crippen molar-refractivity contribution in [1.29, 1.82) is 0 Å². The summed E-state index contributed by atoms with van der Waals surface area (Å²) in [6.45, 7) is 9.39. The molecule has 0 radical (unpaired) electrons. The fourth-order valence-electron chi connectivity index (χ4n) is 1.54. The van der Waals surface area contributed by atoms with Gasteiger partial charge < -0.3 is 16.4 Å². The molecule has 0 fully saturated rings. The molecule has 1 aromatic heterocycles. The largest absolute Gasteiger partial charge is 0.370 e. The quantitative estimate of drug-likeness (QED) is 0.708. The molecule has 1 aromatic rings. The molecule has 0 bridgehead atoms. The Labute approximate surface area is 103 Å². The molecule has 5 nitrogen and oxygen atoms in total. The van der Waals surface area contributed by atoms with Crippen LogP contribution in [0.1, 0.15) is 34.1 Å². The van der Waals surface area contributed by atoms with Gasteiger partial charge in [-0.3, -0.25) is 0 Å². The van der Waals surface area contributed by atoms with Gasteiger partial charge in [0.15, 0.2) is 0 Å². The van der Waals surface area contributed by atoms with Crippen molar-refractivity contribution in [3.05, 3.63) is 6.07 Å². The Hall–Kier alpha value is -1.52. The molecular formula is C12H23N5. The third-order valence-electron chi connectivity index (χ3n) is 2.97. The molecule has 5 heteroatoms.